The molecule has 1 atom stereocenters. The van der Waals surface area contributed by atoms with Gasteiger partial charge in [-0.2, -0.15) is 0 Å². The molecule has 346 valence electrons. The average molecular weight is 1040 g/mol. The number of carboxylic acid groups (broad SMARTS) is 1. The maximum absolute atomic E-state index is 13.9. The number of piperazine rings is 1. The van der Waals surface area contributed by atoms with Crippen LogP contribution >= 0.6 is 34.6 Å². The molecular weight excluding hydrogens is 987 g/mol. The van der Waals surface area contributed by atoms with Crippen LogP contribution in [-0.2, 0) is 10.0 Å². The first-order valence-corrected chi connectivity index (χ1v) is 25.7. The zero-order valence-electron chi connectivity index (χ0n) is 37.4. The van der Waals surface area contributed by atoms with Crippen molar-refractivity contribution in [1.82, 2.24) is 7.68 Å². The van der Waals surface area contributed by atoms with Crippen molar-refractivity contribution in [3.63, 3.8) is 0 Å². The number of aryl methyl sites for hydroxylation is 1. The summed E-state index contributed by atoms with van der Waals surface area (Å²) in [5, 5.41) is 24.5. The van der Waals surface area contributed by atoms with Crippen LogP contribution in [0.4, 0.5) is 27.1 Å². The number of piperidine rings is 1. The summed E-state index contributed by atoms with van der Waals surface area (Å²) in [5.41, 5.74) is 7.20. The highest BCUT2D eigenvalue weighted by Crippen LogP contribution is 2.42. The molecule has 0 spiro atoms. The number of thioether (sulfide) groups is 1. The lowest BCUT2D eigenvalue weighted by molar-refractivity contribution is -0.00556. The minimum absolute atomic E-state index is 0.144. The Morgan fingerprint density at radius 2 is 1.48 bits per heavy atom. The van der Waals surface area contributed by atoms with Crippen molar-refractivity contribution in [2.75, 3.05) is 71.4 Å². The molecule has 0 amide bonds. The number of nitrogens with zero attached hydrogens (tertiary/aromatic N) is 4. The SMILES string of the molecule is Cc1cc(S(=O)(=O)Nc2ccc(N3CCN(c4cccc(-c5c(C(=O)O)c(C)n(I)c5-c5ccc(F)cc5)c4)CC3)cc2)ccc1N[C@H](CCN1CCC(C)(O)CC1)CSc1ccccc1. The molecule has 15 heteroatoms. The first-order valence-electron chi connectivity index (χ1n) is 22.3. The summed E-state index contributed by atoms with van der Waals surface area (Å²) in [4.78, 5) is 21.0. The van der Waals surface area contributed by atoms with Crippen LogP contribution in [-0.4, -0.2) is 95.5 Å². The van der Waals surface area contributed by atoms with Crippen LogP contribution in [0.3, 0.4) is 0 Å². The van der Waals surface area contributed by atoms with Crippen molar-refractivity contribution < 1.29 is 27.8 Å². The average Bonchev–Trinajstić information content (AvgIpc) is 3.58. The number of sulfonamides is 1. The van der Waals surface area contributed by atoms with Crippen LogP contribution in [0.5, 0.6) is 0 Å². The molecule has 6 aromatic rings. The summed E-state index contributed by atoms with van der Waals surface area (Å²) in [6, 6.07) is 37.2. The van der Waals surface area contributed by atoms with Gasteiger partial charge in [-0.05, 0) is 148 Å². The maximum Gasteiger partial charge on any atom is 0.338 e. The van der Waals surface area contributed by atoms with Gasteiger partial charge in [-0.25, -0.2) is 17.6 Å². The summed E-state index contributed by atoms with van der Waals surface area (Å²) in [6.45, 7) is 11.2. The van der Waals surface area contributed by atoms with Crippen LogP contribution in [0.15, 0.2) is 131 Å². The Balaban J connectivity index is 0.892. The third kappa shape index (κ3) is 11.2. The molecule has 5 aromatic carbocycles. The zero-order valence-corrected chi connectivity index (χ0v) is 41.2. The molecule has 2 fully saturated rings. The van der Waals surface area contributed by atoms with Crippen molar-refractivity contribution in [3.8, 4) is 22.4 Å². The number of hydrogen-bond acceptors (Lipinski definition) is 9. The molecule has 1 aromatic heterocycles. The van der Waals surface area contributed by atoms with Gasteiger partial charge >= 0.3 is 5.97 Å². The van der Waals surface area contributed by atoms with Crippen molar-refractivity contribution in [3.05, 3.63) is 144 Å². The Morgan fingerprint density at radius 1 is 0.818 bits per heavy atom. The molecule has 0 unspecified atom stereocenters. The van der Waals surface area contributed by atoms with E-state index in [1.165, 1.54) is 17.0 Å². The van der Waals surface area contributed by atoms with Crippen molar-refractivity contribution >= 4 is 73.4 Å². The van der Waals surface area contributed by atoms with Crippen LogP contribution < -0.4 is 19.8 Å². The fourth-order valence-electron chi connectivity index (χ4n) is 8.80. The number of rotatable bonds is 16. The van der Waals surface area contributed by atoms with Crippen LogP contribution in [0.1, 0.15) is 47.8 Å². The largest absolute Gasteiger partial charge is 0.478 e. The highest BCUT2D eigenvalue weighted by atomic mass is 127. The van der Waals surface area contributed by atoms with Crippen molar-refractivity contribution in [2.45, 2.75) is 61.5 Å². The molecule has 4 N–H and O–H groups in total. The molecule has 2 aliphatic heterocycles. The topological polar surface area (TPSA) is 130 Å². The Bertz CT molecular complexity index is 2750. The Labute approximate surface area is 405 Å². The Kier molecular flexibility index (Phi) is 14.7. The van der Waals surface area contributed by atoms with Crippen molar-refractivity contribution in [1.29, 1.82) is 0 Å². The molecule has 0 bridgehead atoms. The zero-order chi connectivity index (χ0) is 46.6. The number of aromatic nitrogens is 1. The van der Waals surface area contributed by atoms with E-state index in [0.29, 0.717) is 22.6 Å². The standard InChI is InChI=1S/C51H56FIN6O5S2/c1-35-32-45(20-21-46(35)54-41(34-65-44-10-5-4-6-11-44)22-25-56-26-23-51(3,62)24-27-56)66(63,64)55-40-16-18-42(19-17-40)57-28-30-58(31-29-57)43-9-7-8-38(33-43)48-47(50(60)61)36(2)59(53)49(48)37-12-14-39(52)15-13-37/h4-21,32-33,41,54-55,62H,22-31,34H2,1-3H3,(H,60,61)/t41-/m1/s1. The molecule has 11 nitrogen and oxygen atoms in total. The van der Waals surface area contributed by atoms with E-state index in [1.54, 1.807) is 55.1 Å². The summed E-state index contributed by atoms with van der Waals surface area (Å²) in [6.07, 6.45) is 2.45. The number of carbonyl (C=O) groups is 1. The van der Waals surface area contributed by atoms with Crippen LogP contribution in [0.2, 0.25) is 0 Å². The van der Waals surface area contributed by atoms with E-state index < -0.39 is 21.6 Å². The normalized spacial score (nSPS) is 16.0. The monoisotopic (exact) mass is 1040 g/mol. The molecular formula is C51H56FIN6O5S2. The van der Waals surface area contributed by atoms with Gasteiger partial charge in [0.25, 0.3) is 10.0 Å². The van der Waals surface area contributed by atoms with Gasteiger partial charge in [-0.1, -0.05) is 30.3 Å². The van der Waals surface area contributed by atoms with E-state index in [-0.39, 0.29) is 22.3 Å². The number of likely N-dealkylation sites (tertiary alicyclic amines) is 1. The highest BCUT2D eigenvalue weighted by Gasteiger charge is 2.29. The van der Waals surface area contributed by atoms with E-state index in [0.717, 1.165) is 105 Å². The van der Waals surface area contributed by atoms with Gasteiger partial charge in [-0.3, -0.25) is 7.50 Å². The second-order valence-corrected chi connectivity index (χ2v) is 21.3. The summed E-state index contributed by atoms with van der Waals surface area (Å²) < 4.78 is 45.9. The predicted molar refractivity (Wildman–Crippen MR) is 275 cm³/mol. The molecule has 66 heavy (non-hydrogen) atoms. The third-order valence-corrected chi connectivity index (χ3v) is 16.5. The van der Waals surface area contributed by atoms with Crippen LogP contribution in [0.25, 0.3) is 22.4 Å². The van der Waals surface area contributed by atoms with Gasteiger partial charge in [0.15, 0.2) is 0 Å². The lowest BCUT2D eigenvalue weighted by Crippen LogP contribution is -2.46. The molecule has 0 saturated carbocycles. The number of anilines is 4. The summed E-state index contributed by atoms with van der Waals surface area (Å²) >= 11 is 3.92. The quantitative estimate of drug-likeness (QED) is 0.0549. The van der Waals surface area contributed by atoms with E-state index in [1.807, 2.05) is 77.3 Å². The summed E-state index contributed by atoms with van der Waals surface area (Å²) in [5.74, 6) is -0.531. The van der Waals surface area contributed by atoms with Crippen molar-refractivity contribution in [2.24, 2.45) is 0 Å². The van der Waals surface area contributed by atoms with Gasteiger partial charge in [0.1, 0.15) is 5.82 Å². The first kappa shape index (κ1) is 47.4. The second kappa shape index (κ2) is 20.4. The van der Waals surface area contributed by atoms with Gasteiger partial charge in [0.05, 0.1) is 44.6 Å². The number of halogens is 2. The van der Waals surface area contributed by atoms with E-state index >= 15 is 0 Å². The summed E-state index contributed by atoms with van der Waals surface area (Å²) in [7, 11) is -3.87. The Morgan fingerprint density at radius 3 is 2.14 bits per heavy atom. The predicted octanol–water partition coefficient (Wildman–Crippen LogP) is 10.4. The molecule has 0 aliphatic carbocycles. The van der Waals surface area contributed by atoms with E-state index in [2.05, 4.69) is 59.7 Å². The fourth-order valence-corrected chi connectivity index (χ4v) is 11.7. The van der Waals surface area contributed by atoms with E-state index in [9.17, 15) is 27.8 Å². The number of aromatic carboxylic acids is 1. The molecule has 3 heterocycles. The first-order chi connectivity index (χ1) is 31.6. The maximum atomic E-state index is 13.9. The lowest BCUT2D eigenvalue weighted by atomic mass is 9.94. The minimum atomic E-state index is -3.87. The molecule has 0 radical (unpaired) electrons. The number of nitrogens with one attached hydrogen (secondary N) is 2. The Hall–Kier alpha value is -5.07. The van der Waals surface area contributed by atoms with E-state index in [4.69, 9.17) is 0 Å². The van der Waals surface area contributed by atoms with Gasteiger partial charge in [0.2, 0.25) is 0 Å². The lowest BCUT2D eigenvalue weighted by Gasteiger charge is -2.37. The second-order valence-electron chi connectivity index (χ2n) is 17.5. The number of hydrogen-bond donors (Lipinski definition) is 4. The van der Waals surface area contributed by atoms with Gasteiger partial charge in [0, 0.05) is 96.5 Å². The molecule has 8 rings (SSSR count). The molecule has 2 saturated heterocycles. The smallest absolute Gasteiger partial charge is 0.338 e. The number of aliphatic hydroxyl groups is 1. The molecule has 2 aliphatic rings. The number of carboxylic acids is 1. The number of benzene rings is 5. The van der Waals surface area contributed by atoms with Crippen LogP contribution in [0, 0.1) is 19.7 Å². The third-order valence-electron chi connectivity index (χ3n) is 12.7. The minimum Gasteiger partial charge on any atom is -0.478 e. The van der Waals surface area contributed by atoms with Gasteiger partial charge in [-0.15, -0.1) is 11.8 Å². The fraction of sp³-hybridized carbons (Fsp3) is 0.314. The highest BCUT2D eigenvalue weighted by molar-refractivity contribution is 14.1. The van der Waals surface area contributed by atoms with Gasteiger partial charge < -0.3 is 30.2 Å².